The van der Waals surface area contributed by atoms with Crippen LogP contribution in [0.25, 0.3) is 21.8 Å². The predicted octanol–water partition coefficient (Wildman–Crippen LogP) is 4.96. The average Bonchev–Trinajstić information content (AvgIpc) is 3.14. The molecule has 1 amide bonds. The lowest BCUT2D eigenvalue weighted by Gasteiger charge is -2.23. The van der Waals surface area contributed by atoms with Gasteiger partial charge in [-0.25, -0.2) is 0 Å². The number of carbonyl (C=O) groups is 1. The zero-order chi connectivity index (χ0) is 21.2. The molecule has 0 aliphatic rings. The minimum Gasteiger partial charge on any atom is -0.346 e. The summed E-state index contributed by atoms with van der Waals surface area (Å²) in [6.07, 6.45) is 3.42. The third kappa shape index (κ3) is 3.78. The van der Waals surface area contributed by atoms with Gasteiger partial charge in [0.1, 0.15) is 0 Å². The minimum atomic E-state index is -0.0610. The fraction of sp³-hybridized carbons (Fsp3) is 0.115. The quantitative estimate of drug-likeness (QED) is 0.414. The summed E-state index contributed by atoms with van der Waals surface area (Å²) < 4.78 is 2.15. The molecule has 0 aliphatic carbocycles. The van der Waals surface area contributed by atoms with Crippen molar-refractivity contribution < 1.29 is 4.79 Å². The van der Waals surface area contributed by atoms with E-state index in [2.05, 4.69) is 32.7 Å². The maximum Gasteiger partial charge on any atom is 0.256 e. The number of pyridine rings is 2. The molecule has 0 spiro atoms. The van der Waals surface area contributed by atoms with E-state index >= 15 is 0 Å². The lowest BCUT2D eigenvalue weighted by Crippen LogP contribution is -2.31. The Hall–Kier alpha value is -3.99. The molecule has 5 aromatic rings. The fourth-order valence-electron chi connectivity index (χ4n) is 3.95. The lowest BCUT2D eigenvalue weighted by atomic mass is 10.1. The summed E-state index contributed by atoms with van der Waals surface area (Å²) in [6, 6.07) is 25.9. The second-order valence-electron chi connectivity index (χ2n) is 7.65. The number of hydrogen-bond acceptors (Lipinski definition) is 3. The second kappa shape index (κ2) is 8.03. The molecule has 3 heterocycles. The van der Waals surface area contributed by atoms with E-state index in [0.717, 1.165) is 33.2 Å². The van der Waals surface area contributed by atoms with E-state index in [1.165, 1.54) is 0 Å². The predicted molar refractivity (Wildman–Crippen MR) is 122 cm³/mol. The van der Waals surface area contributed by atoms with Crippen LogP contribution in [0.2, 0.25) is 0 Å². The molecular formula is C26H22N4O. The van der Waals surface area contributed by atoms with Gasteiger partial charge in [-0.2, -0.15) is 0 Å². The number of nitrogens with zero attached hydrogens (tertiary/aromatic N) is 4. The van der Waals surface area contributed by atoms with Gasteiger partial charge in [0.05, 0.1) is 29.9 Å². The van der Waals surface area contributed by atoms with E-state index in [4.69, 9.17) is 0 Å². The number of para-hydroxylation sites is 2. The molecule has 0 unspecified atom stereocenters. The number of aryl methyl sites for hydroxylation is 1. The normalized spacial score (nSPS) is 11.1. The van der Waals surface area contributed by atoms with Gasteiger partial charge in [0.15, 0.2) is 0 Å². The van der Waals surface area contributed by atoms with E-state index in [9.17, 15) is 4.79 Å². The van der Waals surface area contributed by atoms with Crippen LogP contribution in [0.3, 0.4) is 0 Å². The highest BCUT2D eigenvalue weighted by Crippen LogP contribution is 2.22. The van der Waals surface area contributed by atoms with Crippen molar-refractivity contribution in [1.29, 1.82) is 0 Å². The van der Waals surface area contributed by atoms with Crippen LogP contribution in [0.4, 0.5) is 0 Å². The first-order chi connectivity index (χ1) is 15.2. The van der Waals surface area contributed by atoms with Crippen molar-refractivity contribution >= 4 is 27.7 Å². The molecule has 0 saturated carbocycles. The Morgan fingerprint density at radius 3 is 2.45 bits per heavy atom. The van der Waals surface area contributed by atoms with E-state index < -0.39 is 0 Å². The third-order valence-electron chi connectivity index (χ3n) is 5.61. The first-order valence-corrected chi connectivity index (χ1v) is 10.3. The van der Waals surface area contributed by atoms with Crippen molar-refractivity contribution in [3.63, 3.8) is 0 Å². The van der Waals surface area contributed by atoms with Gasteiger partial charge >= 0.3 is 0 Å². The number of fused-ring (bicyclic) bond motifs is 2. The smallest absolute Gasteiger partial charge is 0.256 e. The standard InChI is InChI=1S/C26H22N4O/c1-29-23(15-20-9-3-5-12-25(20)29)18-30(17-22-10-6-7-13-27-22)26(31)21-14-19-8-2-4-11-24(19)28-16-21/h2-16H,17-18H2,1H3. The zero-order valence-corrected chi connectivity index (χ0v) is 17.3. The van der Waals surface area contributed by atoms with Gasteiger partial charge < -0.3 is 9.47 Å². The largest absolute Gasteiger partial charge is 0.346 e. The molecule has 0 atom stereocenters. The molecule has 5 nitrogen and oxygen atoms in total. The number of benzene rings is 2. The highest BCUT2D eigenvalue weighted by molar-refractivity contribution is 5.97. The first kappa shape index (κ1) is 19.0. The summed E-state index contributed by atoms with van der Waals surface area (Å²) in [5, 5.41) is 2.12. The van der Waals surface area contributed by atoms with Gasteiger partial charge in [0.25, 0.3) is 5.91 Å². The van der Waals surface area contributed by atoms with Crippen molar-refractivity contribution in [3.8, 4) is 0 Å². The molecule has 5 heteroatoms. The van der Waals surface area contributed by atoms with Crippen LogP contribution in [-0.2, 0) is 20.1 Å². The Bertz CT molecular complexity index is 1370. The molecule has 3 aromatic heterocycles. The van der Waals surface area contributed by atoms with Gasteiger partial charge in [-0.15, -0.1) is 0 Å². The second-order valence-corrected chi connectivity index (χ2v) is 7.65. The van der Waals surface area contributed by atoms with Crippen molar-refractivity contribution in [1.82, 2.24) is 19.4 Å². The molecule has 0 saturated heterocycles. The van der Waals surface area contributed by atoms with E-state index in [-0.39, 0.29) is 5.91 Å². The summed E-state index contributed by atoms with van der Waals surface area (Å²) >= 11 is 0. The van der Waals surface area contributed by atoms with Crippen molar-refractivity contribution in [3.05, 3.63) is 108 Å². The summed E-state index contributed by atoms with van der Waals surface area (Å²) in [4.78, 5) is 24.3. The summed E-state index contributed by atoms with van der Waals surface area (Å²) in [5.74, 6) is -0.0610. The summed E-state index contributed by atoms with van der Waals surface area (Å²) in [6.45, 7) is 0.904. The van der Waals surface area contributed by atoms with E-state index in [0.29, 0.717) is 18.7 Å². The topological polar surface area (TPSA) is 51.0 Å². The Labute approximate surface area is 180 Å². The van der Waals surface area contributed by atoms with E-state index in [1.807, 2.05) is 72.6 Å². The fourth-order valence-corrected chi connectivity index (χ4v) is 3.95. The van der Waals surface area contributed by atoms with Crippen molar-refractivity contribution in [2.24, 2.45) is 7.05 Å². The maximum atomic E-state index is 13.6. The van der Waals surface area contributed by atoms with Crippen LogP contribution in [0, 0.1) is 0 Å². The molecular weight excluding hydrogens is 384 g/mol. The first-order valence-electron chi connectivity index (χ1n) is 10.3. The highest BCUT2D eigenvalue weighted by atomic mass is 16.2. The third-order valence-corrected chi connectivity index (χ3v) is 5.61. The zero-order valence-electron chi connectivity index (χ0n) is 17.3. The van der Waals surface area contributed by atoms with Crippen LogP contribution in [-0.4, -0.2) is 25.3 Å². The van der Waals surface area contributed by atoms with Crippen molar-refractivity contribution in [2.45, 2.75) is 13.1 Å². The van der Waals surface area contributed by atoms with Crippen LogP contribution in [0.5, 0.6) is 0 Å². The lowest BCUT2D eigenvalue weighted by molar-refractivity contribution is 0.0724. The SMILES string of the molecule is Cn1c(CN(Cc2ccccn2)C(=O)c2cnc3ccccc3c2)cc2ccccc21. The van der Waals surface area contributed by atoms with Crippen molar-refractivity contribution in [2.75, 3.05) is 0 Å². The molecule has 0 aliphatic heterocycles. The Kier molecular flexibility index (Phi) is 4.92. The van der Waals surface area contributed by atoms with Gasteiger partial charge in [-0.1, -0.05) is 42.5 Å². The van der Waals surface area contributed by atoms with Crippen LogP contribution < -0.4 is 0 Å². The van der Waals surface area contributed by atoms with Gasteiger partial charge in [-0.05, 0) is 41.8 Å². The van der Waals surface area contributed by atoms with Crippen LogP contribution >= 0.6 is 0 Å². The maximum absolute atomic E-state index is 13.6. The summed E-state index contributed by atoms with van der Waals surface area (Å²) in [5.41, 5.74) is 4.52. The molecule has 31 heavy (non-hydrogen) atoms. The van der Waals surface area contributed by atoms with E-state index in [1.54, 1.807) is 12.4 Å². The minimum absolute atomic E-state index is 0.0610. The molecule has 5 rings (SSSR count). The molecule has 0 bridgehead atoms. The Balaban J connectivity index is 1.52. The van der Waals surface area contributed by atoms with Gasteiger partial charge in [0, 0.05) is 36.0 Å². The number of aromatic nitrogens is 3. The number of amides is 1. The van der Waals surface area contributed by atoms with Crippen LogP contribution in [0.15, 0.2) is 91.3 Å². The Morgan fingerprint density at radius 1 is 0.871 bits per heavy atom. The molecule has 152 valence electrons. The van der Waals surface area contributed by atoms with Gasteiger partial charge in [-0.3, -0.25) is 14.8 Å². The van der Waals surface area contributed by atoms with Gasteiger partial charge in [0.2, 0.25) is 0 Å². The number of carbonyl (C=O) groups excluding carboxylic acids is 1. The Morgan fingerprint density at radius 2 is 1.65 bits per heavy atom. The average molecular weight is 406 g/mol. The van der Waals surface area contributed by atoms with Crippen LogP contribution in [0.1, 0.15) is 21.7 Å². The highest BCUT2D eigenvalue weighted by Gasteiger charge is 2.20. The molecule has 0 N–H and O–H groups in total. The molecule has 0 radical (unpaired) electrons. The molecule has 0 fully saturated rings. The number of hydrogen-bond donors (Lipinski definition) is 0. The monoisotopic (exact) mass is 406 g/mol. The summed E-state index contributed by atoms with van der Waals surface area (Å²) in [7, 11) is 2.04. The number of rotatable bonds is 5. The molecule has 2 aromatic carbocycles.